The molecule has 0 bridgehead atoms. The number of hydrogen-bond donors (Lipinski definition) is 9. The molecule has 0 aliphatic rings. The number of aliphatic imine (C=N–C) groups is 1. The number of carbonyl (C=O) groups is 4. The number of rotatable bonds is 12. The molecule has 17 heteroatoms. The second-order valence-corrected chi connectivity index (χ2v) is 8.45. The number of nitrogens with two attached hydrogens (primary N) is 5. The van der Waals surface area contributed by atoms with Gasteiger partial charge in [-0.3, -0.25) is 24.2 Å². The summed E-state index contributed by atoms with van der Waals surface area (Å²) in [5, 5.41) is 40.5. The molecule has 2 aromatic carbocycles. The van der Waals surface area contributed by atoms with E-state index >= 15 is 0 Å². The van der Waals surface area contributed by atoms with Gasteiger partial charge >= 0.3 is 23.9 Å². The van der Waals surface area contributed by atoms with Crippen molar-refractivity contribution >= 4 is 46.9 Å². The van der Waals surface area contributed by atoms with Crippen LogP contribution in [0.1, 0.15) is 19.3 Å². The summed E-state index contributed by atoms with van der Waals surface area (Å²) in [7, 11) is 3.99. The molecular formula is C26H41N9O8. The highest BCUT2D eigenvalue weighted by Crippen LogP contribution is 2.28. The lowest BCUT2D eigenvalue weighted by atomic mass is 10.2. The number of guanidine groups is 1. The molecule has 43 heavy (non-hydrogen) atoms. The Hall–Kier alpha value is -5.13. The monoisotopic (exact) mass is 607 g/mol. The van der Waals surface area contributed by atoms with E-state index in [-0.39, 0.29) is 12.5 Å². The molecular weight excluding hydrogens is 566 g/mol. The zero-order valence-corrected chi connectivity index (χ0v) is 24.0. The Morgan fingerprint density at radius 2 is 1.30 bits per heavy atom. The van der Waals surface area contributed by atoms with Gasteiger partial charge in [-0.15, -0.1) is 5.11 Å². The maximum atomic E-state index is 10.2. The minimum atomic E-state index is -1.29. The van der Waals surface area contributed by atoms with E-state index in [1.807, 2.05) is 73.6 Å². The Kier molecular flexibility index (Phi) is 21.9. The summed E-state index contributed by atoms with van der Waals surface area (Å²) in [6, 6.07) is 15.6. The lowest BCUT2D eigenvalue weighted by Gasteiger charge is -2.13. The Bertz CT molecular complexity index is 1170. The summed E-state index contributed by atoms with van der Waals surface area (Å²) >= 11 is 0. The fraction of sp³-hybridized carbons (Fsp3) is 0.346. The second-order valence-electron chi connectivity index (χ2n) is 8.45. The van der Waals surface area contributed by atoms with E-state index in [4.69, 9.17) is 43.4 Å². The van der Waals surface area contributed by atoms with Crippen molar-refractivity contribution in [2.24, 2.45) is 43.9 Å². The van der Waals surface area contributed by atoms with Gasteiger partial charge in [-0.2, -0.15) is 5.11 Å². The molecule has 0 aliphatic carbocycles. The van der Waals surface area contributed by atoms with Crippen molar-refractivity contribution in [2.45, 2.75) is 31.3 Å². The molecule has 0 saturated heterocycles. The van der Waals surface area contributed by atoms with Crippen molar-refractivity contribution in [3.8, 4) is 0 Å². The fourth-order valence-electron chi connectivity index (χ4n) is 2.45. The summed E-state index contributed by atoms with van der Waals surface area (Å²) in [5.74, 6) is -4.45. The average Bonchev–Trinajstić information content (AvgIpc) is 2.95. The van der Waals surface area contributed by atoms with E-state index in [1.165, 1.54) is 0 Å². The van der Waals surface area contributed by atoms with E-state index in [0.717, 1.165) is 17.1 Å². The van der Waals surface area contributed by atoms with Gasteiger partial charge in [0.2, 0.25) is 0 Å². The molecule has 0 heterocycles. The zero-order valence-electron chi connectivity index (χ0n) is 24.0. The van der Waals surface area contributed by atoms with Crippen molar-refractivity contribution in [3.05, 3.63) is 54.6 Å². The predicted molar refractivity (Wildman–Crippen MR) is 161 cm³/mol. The average molecular weight is 608 g/mol. The Morgan fingerprint density at radius 1 is 0.791 bits per heavy atom. The zero-order chi connectivity index (χ0) is 33.4. The molecule has 0 fully saturated rings. The first-order valence-corrected chi connectivity index (χ1v) is 12.5. The van der Waals surface area contributed by atoms with Crippen molar-refractivity contribution in [3.63, 3.8) is 0 Å². The highest BCUT2D eigenvalue weighted by Gasteiger charge is 2.14. The SMILES string of the molecule is CN(C)c1ccccc1N=Nc1ccccc1.NC(N)=NCCC[C@H](N)C(=O)O.NCC(=O)O.N[C@@H](CC(=O)O)C(=O)O. The first-order valence-electron chi connectivity index (χ1n) is 12.5. The molecule has 17 nitrogen and oxygen atoms in total. The topological polar surface area (TPSA) is 320 Å². The largest absolute Gasteiger partial charge is 0.481 e. The molecule has 0 spiro atoms. The molecule has 2 rings (SSSR count). The molecule has 2 atom stereocenters. The Morgan fingerprint density at radius 3 is 1.72 bits per heavy atom. The smallest absolute Gasteiger partial charge is 0.321 e. The molecule has 14 N–H and O–H groups in total. The quantitative estimate of drug-likeness (QED) is 0.0687. The summed E-state index contributed by atoms with van der Waals surface area (Å²) in [4.78, 5) is 44.8. The number of anilines is 1. The maximum Gasteiger partial charge on any atom is 0.321 e. The van der Waals surface area contributed by atoms with Gasteiger partial charge < -0.3 is 54.0 Å². The molecule has 0 aromatic heterocycles. The van der Waals surface area contributed by atoms with Crippen LogP contribution >= 0.6 is 0 Å². The van der Waals surface area contributed by atoms with Crippen LogP contribution in [0.5, 0.6) is 0 Å². The minimum absolute atomic E-state index is 0.0129. The van der Waals surface area contributed by atoms with Gasteiger partial charge in [0.05, 0.1) is 24.3 Å². The molecule has 0 saturated carbocycles. The lowest BCUT2D eigenvalue weighted by molar-refractivity contribution is -0.144. The first-order chi connectivity index (χ1) is 20.1. The van der Waals surface area contributed by atoms with Crippen molar-refractivity contribution in [2.75, 3.05) is 32.1 Å². The lowest BCUT2D eigenvalue weighted by Crippen LogP contribution is -2.32. The summed E-state index contributed by atoms with van der Waals surface area (Å²) < 4.78 is 0. The second kappa shape index (κ2) is 23.6. The van der Waals surface area contributed by atoms with Crippen molar-refractivity contribution in [1.29, 1.82) is 0 Å². The van der Waals surface area contributed by atoms with Crippen molar-refractivity contribution < 1.29 is 39.6 Å². The normalized spacial score (nSPS) is 11.1. The van der Waals surface area contributed by atoms with Crippen LogP contribution in [0.15, 0.2) is 69.8 Å². The van der Waals surface area contributed by atoms with Crippen LogP contribution in [0.3, 0.4) is 0 Å². The first kappa shape index (κ1) is 40.0. The minimum Gasteiger partial charge on any atom is -0.481 e. The molecule has 0 radical (unpaired) electrons. The standard InChI is InChI=1S/C14H15N3.C6H14N4O2.C4H7NO4.C2H5NO2/c1-17(2)14-11-7-6-10-13(14)16-15-12-8-4-3-5-9-12;7-4(5(11)12)2-1-3-10-6(8)9;5-2(4(8)9)1-3(6)7;3-1-2(4)5/h3-11H,1-2H3;4H,1-3,7H2,(H,11,12)(H4,8,9,10);2H,1,5H2,(H,6,7)(H,8,9);1,3H2,(H,4,5)/t;4-;2-;/m.00./s1. The van der Waals surface area contributed by atoms with Crippen LogP contribution < -0.4 is 33.6 Å². The van der Waals surface area contributed by atoms with E-state index < -0.39 is 42.4 Å². The number of benzene rings is 2. The van der Waals surface area contributed by atoms with Gasteiger partial charge in [-0.1, -0.05) is 30.3 Å². The van der Waals surface area contributed by atoms with Gasteiger partial charge in [0.25, 0.3) is 0 Å². The third kappa shape index (κ3) is 23.3. The Balaban J connectivity index is 0. The number of aliphatic carboxylic acids is 4. The summed E-state index contributed by atoms with van der Waals surface area (Å²) in [5.41, 5.74) is 27.5. The van der Waals surface area contributed by atoms with Crippen LogP contribution in [-0.4, -0.2) is 89.5 Å². The number of para-hydroxylation sites is 1. The van der Waals surface area contributed by atoms with Gasteiger partial charge in [-0.05, 0) is 37.1 Å². The van der Waals surface area contributed by atoms with Crippen LogP contribution in [0.4, 0.5) is 17.1 Å². The van der Waals surface area contributed by atoms with Crippen LogP contribution in [0.2, 0.25) is 0 Å². The Labute approximate surface area is 248 Å². The van der Waals surface area contributed by atoms with Gasteiger partial charge in [0, 0.05) is 20.6 Å². The molecule has 0 unspecified atom stereocenters. The highest BCUT2D eigenvalue weighted by molar-refractivity contribution is 5.80. The maximum absolute atomic E-state index is 10.2. The van der Waals surface area contributed by atoms with Crippen LogP contribution in [0, 0.1) is 0 Å². The molecule has 0 amide bonds. The third-order valence-corrected chi connectivity index (χ3v) is 4.56. The molecule has 2 aromatic rings. The molecule has 0 aliphatic heterocycles. The van der Waals surface area contributed by atoms with Crippen LogP contribution in [0.25, 0.3) is 0 Å². The number of hydrogen-bond acceptors (Lipinski definition) is 11. The number of carboxylic acid groups (broad SMARTS) is 4. The van der Waals surface area contributed by atoms with Crippen LogP contribution in [-0.2, 0) is 19.2 Å². The number of azo groups is 1. The number of nitrogens with zero attached hydrogens (tertiary/aromatic N) is 4. The molecule has 238 valence electrons. The third-order valence-electron chi connectivity index (χ3n) is 4.56. The van der Waals surface area contributed by atoms with E-state index in [2.05, 4.69) is 21.0 Å². The summed E-state index contributed by atoms with van der Waals surface area (Å²) in [6.45, 7) is 0.142. The van der Waals surface area contributed by atoms with Crippen molar-refractivity contribution in [1.82, 2.24) is 0 Å². The van der Waals surface area contributed by atoms with E-state index in [9.17, 15) is 19.2 Å². The summed E-state index contributed by atoms with van der Waals surface area (Å²) in [6.07, 6.45) is 0.423. The number of carboxylic acids is 4. The fourth-order valence-corrected chi connectivity index (χ4v) is 2.45. The van der Waals surface area contributed by atoms with Gasteiger partial charge in [0.1, 0.15) is 17.8 Å². The van der Waals surface area contributed by atoms with Gasteiger partial charge in [-0.25, -0.2) is 0 Å². The predicted octanol–water partition coefficient (Wildman–Crippen LogP) is 0.523. The van der Waals surface area contributed by atoms with E-state index in [0.29, 0.717) is 19.4 Å². The van der Waals surface area contributed by atoms with Gasteiger partial charge in [0.15, 0.2) is 5.96 Å². The van der Waals surface area contributed by atoms with E-state index in [1.54, 1.807) is 0 Å². The highest BCUT2D eigenvalue weighted by atomic mass is 16.4.